The van der Waals surface area contributed by atoms with Gasteiger partial charge in [0.25, 0.3) is 0 Å². The zero-order chi connectivity index (χ0) is 10.7. The van der Waals surface area contributed by atoms with Gasteiger partial charge >= 0.3 is 0 Å². The molecule has 1 aromatic carbocycles. The second kappa shape index (κ2) is 4.77. The summed E-state index contributed by atoms with van der Waals surface area (Å²) in [5.41, 5.74) is 2.79. The molecule has 1 unspecified atom stereocenters. The number of aryl methyl sites for hydroxylation is 1. The molecule has 0 radical (unpaired) electrons. The predicted molar refractivity (Wildman–Crippen MR) is 64.3 cm³/mol. The van der Waals surface area contributed by atoms with E-state index in [0.29, 0.717) is 12.0 Å². The molecule has 82 valence electrons. The van der Waals surface area contributed by atoms with Crippen molar-refractivity contribution in [3.05, 3.63) is 35.4 Å². The van der Waals surface area contributed by atoms with Crippen LogP contribution in [0.15, 0.2) is 24.3 Å². The highest BCUT2D eigenvalue weighted by molar-refractivity contribution is 5.25. The van der Waals surface area contributed by atoms with E-state index in [9.17, 15) is 0 Å². The molecule has 1 heterocycles. The lowest BCUT2D eigenvalue weighted by atomic mass is 9.99. The molecule has 0 saturated carbocycles. The minimum atomic E-state index is 0.602. The van der Waals surface area contributed by atoms with Crippen LogP contribution in [-0.4, -0.2) is 25.7 Å². The fourth-order valence-electron chi connectivity index (χ4n) is 1.87. The Balaban J connectivity index is 1.86. The van der Waals surface area contributed by atoms with Gasteiger partial charge in [0.15, 0.2) is 0 Å². The van der Waals surface area contributed by atoms with E-state index >= 15 is 0 Å². The Morgan fingerprint density at radius 2 is 2.27 bits per heavy atom. The summed E-state index contributed by atoms with van der Waals surface area (Å²) in [5.74, 6) is 0.602. The minimum absolute atomic E-state index is 0.602. The van der Waals surface area contributed by atoms with Crippen molar-refractivity contribution in [2.75, 3.05) is 19.6 Å². The maximum absolute atomic E-state index is 3.57. The Labute approximate surface area is 92.1 Å². The number of hydrogen-bond acceptors (Lipinski definition) is 2. The number of rotatable bonds is 4. The van der Waals surface area contributed by atoms with Crippen LogP contribution in [0.25, 0.3) is 0 Å². The van der Waals surface area contributed by atoms with Gasteiger partial charge in [-0.15, -0.1) is 0 Å². The summed E-state index contributed by atoms with van der Waals surface area (Å²) in [6, 6.07) is 9.49. The molecule has 0 aliphatic carbocycles. The Morgan fingerprint density at radius 3 is 2.87 bits per heavy atom. The third-order valence-electron chi connectivity index (χ3n) is 3.11. The van der Waals surface area contributed by atoms with Crippen LogP contribution in [0.2, 0.25) is 0 Å². The van der Waals surface area contributed by atoms with E-state index in [1.54, 1.807) is 0 Å². The van der Waals surface area contributed by atoms with Crippen molar-refractivity contribution in [1.82, 2.24) is 10.6 Å². The Bertz CT molecular complexity index is 318. The summed E-state index contributed by atoms with van der Waals surface area (Å²) >= 11 is 0. The molecular formula is C13H20N2. The van der Waals surface area contributed by atoms with E-state index in [2.05, 4.69) is 48.7 Å². The number of hydrogen-bond donors (Lipinski definition) is 2. The Hall–Kier alpha value is -0.860. The normalized spacial score (nSPS) is 18.5. The van der Waals surface area contributed by atoms with Gasteiger partial charge in [0.1, 0.15) is 0 Å². The highest BCUT2D eigenvalue weighted by Gasteiger charge is 2.16. The first-order valence-electron chi connectivity index (χ1n) is 5.76. The van der Waals surface area contributed by atoms with Gasteiger partial charge in [-0.3, -0.25) is 0 Å². The van der Waals surface area contributed by atoms with Crippen molar-refractivity contribution in [2.24, 2.45) is 0 Å². The molecule has 2 rings (SSSR count). The summed E-state index contributed by atoms with van der Waals surface area (Å²) in [6.07, 6.45) is 0. The molecule has 2 nitrogen and oxygen atoms in total. The maximum Gasteiger partial charge on any atom is 0.0317 e. The maximum atomic E-state index is 3.57. The van der Waals surface area contributed by atoms with E-state index in [1.807, 2.05) is 0 Å². The topological polar surface area (TPSA) is 24.1 Å². The van der Waals surface area contributed by atoms with E-state index in [-0.39, 0.29) is 0 Å². The standard InChI is InChI=1S/C13H20N2/c1-10-4-3-5-12(6-10)11(2)7-15-13-8-14-9-13/h3-6,11,13-15H,7-9H2,1-2H3. The fourth-order valence-corrected chi connectivity index (χ4v) is 1.87. The smallest absolute Gasteiger partial charge is 0.0317 e. The molecule has 0 bridgehead atoms. The first kappa shape index (κ1) is 10.7. The highest BCUT2D eigenvalue weighted by Crippen LogP contribution is 2.15. The monoisotopic (exact) mass is 204 g/mol. The molecule has 1 aromatic rings. The molecule has 2 N–H and O–H groups in total. The summed E-state index contributed by atoms with van der Waals surface area (Å²) in [6.45, 7) is 7.77. The fraction of sp³-hybridized carbons (Fsp3) is 0.538. The summed E-state index contributed by atoms with van der Waals surface area (Å²) in [7, 11) is 0. The Morgan fingerprint density at radius 1 is 1.47 bits per heavy atom. The average molecular weight is 204 g/mol. The van der Waals surface area contributed by atoms with Gasteiger partial charge in [-0.25, -0.2) is 0 Å². The summed E-state index contributed by atoms with van der Waals surface area (Å²) in [5, 5.41) is 6.85. The van der Waals surface area contributed by atoms with E-state index < -0.39 is 0 Å². The van der Waals surface area contributed by atoms with Gasteiger partial charge in [-0.05, 0) is 18.4 Å². The zero-order valence-corrected chi connectivity index (χ0v) is 9.59. The molecule has 1 saturated heterocycles. The highest BCUT2D eigenvalue weighted by atomic mass is 15.1. The lowest BCUT2D eigenvalue weighted by Gasteiger charge is -2.29. The third kappa shape index (κ3) is 2.80. The molecule has 2 heteroatoms. The van der Waals surface area contributed by atoms with Gasteiger partial charge in [-0.1, -0.05) is 36.8 Å². The van der Waals surface area contributed by atoms with E-state index in [4.69, 9.17) is 0 Å². The van der Waals surface area contributed by atoms with Gasteiger partial charge < -0.3 is 10.6 Å². The van der Waals surface area contributed by atoms with Crippen LogP contribution < -0.4 is 10.6 Å². The first-order valence-corrected chi connectivity index (χ1v) is 5.76. The van der Waals surface area contributed by atoms with Gasteiger partial charge in [0, 0.05) is 25.7 Å². The summed E-state index contributed by atoms with van der Waals surface area (Å²) in [4.78, 5) is 0. The van der Waals surface area contributed by atoms with Crippen molar-refractivity contribution in [3.63, 3.8) is 0 Å². The largest absolute Gasteiger partial charge is 0.314 e. The molecular weight excluding hydrogens is 184 g/mol. The first-order chi connectivity index (χ1) is 7.25. The average Bonchev–Trinajstić information content (AvgIpc) is 2.15. The van der Waals surface area contributed by atoms with Crippen LogP contribution in [-0.2, 0) is 0 Å². The molecule has 0 amide bonds. The van der Waals surface area contributed by atoms with Gasteiger partial charge in [0.2, 0.25) is 0 Å². The van der Waals surface area contributed by atoms with Crippen molar-refractivity contribution < 1.29 is 0 Å². The lowest BCUT2D eigenvalue weighted by Crippen LogP contribution is -2.55. The minimum Gasteiger partial charge on any atom is -0.314 e. The second-order valence-corrected chi connectivity index (χ2v) is 4.58. The molecule has 15 heavy (non-hydrogen) atoms. The predicted octanol–water partition coefficient (Wildman–Crippen LogP) is 1.66. The molecule has 0 aromatic heterocycles. The quantitative estimate of drug-likeness (QED) is 0.779. The number of benzene rings is 1. The van der Waals surface area contributed by atoms with Crippen LogP contribution in [0.5, 0.6) is 0 Å². The van der Waals surface area contributed by atoms with Crippen molar-refractivity contribution in [2.45, 2.75) is 25.8 Å². The molecule has 1 fully saturated rings. The molecule has 1 aliphatic heterocycles. The van der Waals surface area contributed by atoms with Crippen LogP contribution in [0.3, 0.4) is 0 Å². The number of nitrogens with one attached hydrogen (secondary N) is 2. The SMILES string of the molecule is Cc1cccc(C(C)CNC2CNC2)c1. The van der Waals surface area contributed by atoms with Crippen LogP contribution in [0, 0.1) is 6.92 Å². The van der Waals surface area contributed by atoms with Crippen molar-refractivity contribution in [1.29, 1.82) is 0 Å². The molecule has 1 aliphatic rings. The molecule has 1 atom stereocenters. The van der Waals surface area contributed by atoms with Crippen LogP contribution in [0.1, 0.15) is 24.0 Å². The molecule has 0 spiro atoms. The van der Waals surface area contributed by atoms with Crippen LogP contribution >= 0.6 is 0 Å². The Kier molecular flexibility index (Phi) is 3.39. The lowest BCUT2D eigenvalue weighted by molar-refractivity contribution is 0.360. The van der Waals surface area contributed by atoms with Gasteiger partial charge in [-0.2, -0.15) is 0 Å². The third-order valence-corrected chi connectivity index (χ3v) is 3.11. The van der Waals surface area contributed by atoms with Gasteiger partial charge in [0.05, 0.1) is 0 Å². The second-order valence-electron chi connectivity index (χ2n) is 4.58. The van der Waals surface area contributed by atoms with Crippen molar-refractivity contribution in [3.8, 4) is 0 Å². The van der Waals surface area contributed by atoms with Crippen LogP contribution in [0.4, 0.5) is 0 Å². The zero-order valence-electron chi connectivity index (χ0n) is 9.59. The summed E-state index contributed by atoms with van der Waals surface area (Å²) < 4.78 is 0. The van der Waals surface area contributed by atoms with E-state index in [0.717, 1.165) is 19.6 Å². The van der Waals surface area contributed by atoms with Crippen molar-refractivity contribution >= 4 is 0 Å². The van der Waals surface area contributed by atoms with E-state index in [1.165, 1.54) is 11.1 Å².